The lowest BCUT2D eigenvalue weighted by Crippen LogP contribution is -2.18. The van der Waals surface area contributed by atoms with Crippen LogP contribution < -0.4 is 14.8 Å². The fraction of sp³-hybridized carbons (Fsp3) is 0.167. The number of benzene rings is 2. The van der Waals surface area contributed by atoms with Crippen LogP contribution in [0.3, 0.4) is 0 Å². The average molecular weight is 436 g/mol. The standard InChI is InChI=1S/C24H22ClN3O3/c1-4-28-19-11-9-16(25)13-18(19)15(2)23(28)24(29)27-17-10-12-22(26-14-17)31-21-8-6-5-7-20(21)30-3/h5-14H,4H2,1-3H3,(H,27,29). The number of carbonyl (C=O) groups is 1. The number of para-hydroxylation sites is 2. The van der Waals surface area contributed by atoms with E-state index in [9.17, 15) is 4.79 Å². The number of hydrogen-bond donors (Lipinski definition) is 1. The molecule has 158 valence electrons. The lowest BCUT2D eigenvalue weighted by molar-refractivity contribution is 0.101. The van der Waals surface area contributed by atoms with E-state index in [0.717, 1.165) is 16.5 Å². The molecule has 2 heterocycles. The second kappa shape index (κ2) is 8.70. The minimum absolute atomic E-state index is 0.202. The van der Waals surface area contributed by atoms with Crippen molar-refractivity contribution in [1.29, 1.82) is 0 Å². The highest BCUT2D eigenvalue weighted by molar-refractivity contribution is 6.31. The Balaban J connectivity index is 1.56. The van der Waals surface area contributed by atoms with Gasteiger partial charge in [-0.2, -0.15) is 0 Å². The van der Waals surface area contributed by atoms with E-state index in [1.54, 1.807) is 31.5 Å². The summed E-state index contributed by atoms with van der Waals surface area (Å²) in [6.07, 6.45) is 1.56. The first kappa shape index (κ1) is 20.8. The molecule has 0 saturated heterocycles. The van der Waals surface area contributed by atoms with Crippen molar-refractivity contribution in [3.63, 3.8) is 0 Å². The van der Waals surface area contributed by atoms with Crippen LogP contribution in [-0.4, -0.2) is 22.6 Å². The lowest BCUT2D eigenvalue weighted by atomic mass is 10.1. The Morgan fingerprint density at radius 1 is 1.13 bits per heavy atom. The molecule has 1 N–H and O–H groups in total. The van der Waals surface area contributed by atoms with Gasteiger partial charge in [0.05, 0.1) is 19.0 Å². The van der Waals surface area contributed by atoms with Crippen LogP contribution >= 0.6 is 11.6 Å². The van der Waals surface area contributed by atoms with Gasteiger partial charge in [-0.1, -0.05) is 23.7 Å². The van der Waals surface area contributed by atoms with Crippen LogP contribution in [0.5, 0.6) is 17.4 Å². The molecule has 0 fully saturated rings. The first-order valence-corrected chi connectivity index (χ1v) is 10.3. The van der Waals surface area contributed by atoms with Crippen molar-refractivity contribution in [2.24, 2.45) is 0 Å². The lowest BCUT2D eigenvalue weighted by Gasteiger charge is -2.11. The normalized spacial score (nSPS) is 10.8. The number of fused-ring (bicyclic) bond motifs is 1. The molecule has 2 aromatic carbocycles. The van der Waals surface area contributed by atoms with Crippen molar-refractivity contribution >= 4 is 34.1 Å². The fourth-order valence-electron chi connectivity index (χ4n) is 3.64. The number of aryl methyl sites for hydroxylation is 2. The highest BCUT2D eigenvalue weighted by Crippen LogP contribution is 2.31. The van der Waals surface area contributed by atoms with Gasteiger partial charge in [0.25, 0.3) is 5.91 Å². The van der Waals surface area contributed by atoms with Gasteiger partial charge in [0.2, 0.25) is 5.88 Å². The van der Waals surface area contributed by atoms with Crippen LogP contribution in [0.25, 0.3) is 10.9 Å². The number of anilines is 1. The van der Waals surface area contributed by atoms with Crippen LogP contribution in [0.1, 0.15) is 23.0 Å². The zero-order valence-electron chi connectivity index (χ0n) is 17.5. The maximum absolute atomic E-state index is 13.1. The summed E-state index contributed by atoms with van der Waals surface area (Å²) in [5.74, 6) is 1.38. The molecule has 0 saturated carbocycles. The molecule has 0 aliphatic rings. The topological polar surface area (TPSA) is 65.4 Å². The maximum Gasteiger partial charge on any atom is 0.272 e. The molecule has 0 atom stereocenters. The van der Waals surface area contributed by atoms with Gasteiger partial charge >= 0.3 is 0 Å². The Kier molecular flexibility index (Phi) is 5.82. The van der Waals surface area contributed by atoms with Crippen molar-refractivity contribution in [3.8, 4) is 17.4 Å². The minimum atomic E-state index is -0.202. The summed E-state index contributed by atoms with van der Waals surface area (Å²) in [5.41, 5.74) is 3.05. The van der Waals surface area contributed by atoms with Gasteiger partial charge in [0, 0.05) is 28.5 Å². The number of nitrogens with zero attached hydrogens (tertiary/aromatic N) is 2. The fourth-order valence-corrected chi connectivity index (χ4v) is 3.81. The molecule has 0 unspecified atom stereocenters. The predicted molar refractivity (Wildman–Crippen MR) is 123 cm³/mol. The molecule has 2 aromatic heterocycles. The summed E-state index contributed by atoms with van der Waals surface area (Å²) in [5, 5.41) is 4.54. The Hall–Kier alpha value is -3.51. The van der Waals surface area contributed by atoms with E-state index in [-0.39, 0.29) is 5.91 Å². The Morgan fingerprint density at radius 2 is 1.90 bits per heavy atom. The van der Waals surface area contributed by atoms with Gasteiger partial charge < -0.3 is 19.4 Å². The second-order valence-electron chi connectivity index (χ2n) is 6.97. The summed E-state index contributed by atoms with van der Waals surface area (Å²) < 4.78 is 13.1. The van der Waals surface area contributed by atoms with E-state index >= 15 is 0 Å². The number of methoxy groups -OCH3 is 1. The second-order valence-corrected chi connectivity index (χ2v) is 7.41. The molecule has 0 aliphatic carbocycles. The Morgan fingerprint density at radius 3 is 2.58 bits per heavy atom. The molecule has 7 heteroatoms. The third kappa shape index (κ3) is 4.07. The highest BCUT2D eigenvalue weighted by atomic mass is 35.5. The molecule has 0 bridgehead atoms. The monoisotopic (exact) mass is 435 g/mol. The Labute approximate surface area is 185 Å². The maximum atomic E-state index is 13.1. The number of aromatic nitrogens is 2. The van der Waals surface area contributed by atoms with E-state index in [1.165, 1.54) is 0 Å². The van der Waals surface area contributed by atoms with E-state index in [2.05, 4.69) is 10.3 Å². The number of amides is 1. The number of halogens is 1. The zero-order valence-corrected chi connectivity index (χ0v) is 18.2. The van der Waals surface area contributed by atoms with Gasteiger partial charge in [-0.05, 0) is 55.8 Å². The SMILES string of the molecule is CCn1c(C(=O)Nc2ccc(Oc3ccccc3OC)nc2)c(C)c2cc(Cl)ccc21. The average Bonchev–Trinajstić information content (AvgIpc) is 3.06. The van der Waals surface area contributed by atoms with Gasteiger partial charge in [-0.25, -0.2) is 4.98 Å². The smallest absolute Gasteiger partial charge is 0.272 e. The van der Waals surface area contributed by atoms with Crippen LogP contribution in [-0.2, 0) is 6.54 Å². The number of carbonyl (C=O) groups excluding carboxylic acids is 1. The number of ether oxygens (including phenoxy) is 2. The molecular formula is C24H22ClN3O3. The molecule has 0 aliphatic heterocycles. The van der Waals surface area contributed by atoms with E-state index in [4.69, 9.17) is 21.1 Å². The van der Waals surface area contributed by atoms with Crippen LogP contribution in [0, 0.1) is 6.92 Å². The third-order valence-corrected chi connectivity index (χ3v) is 5.32. The third-order valence-electron chi connectivity index (χ3n) is 5.09. The molecule has 1 amide bonds. The molecular weight excluding hydrogens is 414 g/mol. The molecule has 4 aromatic rings. The summed E-state index contributed by atoms with van der Waals surface area (Å²) in [6, 6.07) is 16.4. The highest BCUT2D eigenvalue weighted by Gasteiger charge is 2.20. The molecule has 0 radical (unpaired) electrons. The first-order chi connectivity index (χ1) is 15.0. The van der Waals surface area contributed by atoms with Crippen LogP contribution in [0.15, 0.2) is 60.8 Å². The van der Waals surface area contributed by atoms with Crippen molar-refractivity contribution in [2.45, 2.75) is 20.4 Å². The van der Waals surface area contributed by atoms with Crippen molar-refractivity contribution < 1.29 is 14.3 Å². The zero-order chi connectivity index (χ0) is 22.0. The minimum Gasteiger partial charge on any atom is -0.493 e. The van der Waals surface area contributed by atoms with Gasteiger partial charge in [0.15, 0.2) is 11.5 Å². The van der Waals surface area contributed by atoms with E-state index < -0.39 is 0 Å². The number of rotatable bonds is 6. The van der Waals surface area contributed by atoms with E-state index in [0.29, 0.717) is 40.3 Å². The van der Waals surface area contributed by atoms with Crippen molar-refractivity contribution in [2.75, 3.05) is 12.4 Å². The first-order valence-electron chi connectivity index (χ1n) is 9.88. The molecule has 6 nitrogen and oxygen atoms in total. The summed E-state index contributed by atoms with van der Waals surface area (Å²) in [7, 11) is 1.58. The molecule has 4 rings (SSSR count). The van der Waals surface area contributed by atoms with Gasteiger partial charge in [0.1, 0.15) is 5.69 Å². The van der Waals surface area contributed by atoms with Crippen molar-refractivity contribution in [1.82, 2.24) is 9.55 Å². The summed E-state index contributed by atoms with van der Waals surface area (Å²) in [4.78, 5) is 17.4. The van der Waals surface area contributed by atoms with Crippen molar-refractivity contribution in [3.05, 3.63) is 77.1 Å². The van der Waals surface area contributed by atoms with Gasteiger partial charge in [-0.15, -0.1) is 0 Å². The van der Waals surface area contributed by atoms with Crippen LogP contribution in [0.2, 0.25) is 5.02 Å². The van der Waals surface area contributed by atoms with Crippen LogP contribution in [0.4, 0.5) is 5.69 Å². The molecule has 0 spiro atoms. The number of hydrogen-bond acceptors (Lipinski definition) is 4. The van der Waals surface area contributed by atoms with Gasteiger partial charge in [-0.3, -0.25) is 4.79 Å². The number of pyridine rings is 1. The summed E-state index contributed by atoms with van der Waals surface area (Å²) in [6.45, 7) is 4.61. The predicted octanol–water partition coefficient (Wildman–Crippen LogP) is 6.07. The quantitative estimate of drug-likeness (QED) is 0.399. The van der Waals surface area contributed by atoms with E-state index in [1.807, 2.05) is 54.8 Å². The number of nitrogens with one attached hydrogen (secondary N) is 1. The molecule has 31 heavy (non-hydrogen) atoms. The largest absolute Gasteiger partial charge is 0.493 e. The summed E-state index contributed by atoms with van der Waals surface area (Å²) >= 11 is 6.16. The Bertz CT molecular complexity index is 1250.